The van der Waals surface area contributed by atoms with Crippen molar-refractivity contribution in [3.8, 4) is 11.5 Å². The van der Waals surface area contributed by atoms with E-state index in [1.807, 2.05) is 0 Å². The van der Waals surface area contributed by atoms with Crippen LogP contribution in [0.5, 0.6) is 11.5 Å². The van der Waals surface area contributed by atoms with Crippen LogP contribution in [-0.4, -0.2) is 45.6 Å². The van der Waals surface area contributed by atoms with Crippen molar-refractivity contribution in [1.29, 1.82) is 0 Å². The van der Waals surface area contributed by atoms with Crippen LogP contribution in [0.1, 0.15) is 12.0 Å². The molecule has 6 heteroatoms. The lowest BCUT2D eigenvalue weighted by Gasteiger charge is -2.12. The van der Waals surface area contributed by atoms with Gasteiger partial charge in [-0.25, -0.2) is 0 Å². The van der Waals surface area contributed by atoms with E-state index in [9.17, 15) is 0 Å². The number of hydrogen-bond acceptors (Lipinski definition) is 5. The van der Waals surface area contributed by atoms with E-state index in [-0.39, 0.29) is 0 Å². The molecule has 5 nitrogen and oxygen atoms in total. The normalized spacial score (nSPS) is 10.3. The van der Waals surface area contributed by atoms with Crippen molar-refractivity contribution < 1.29 is 18.9 Å². The zero-order chi connectivity index (χ0) is 14.8. The van der Waals surface area contributed by atoms with Crippen LogP contribution in [0.25, 0.3) is 0 Å². The van der Waals surface area contributed by atoms with Crippen molar-refractivity contribution >= 4 is 17.2 Å². The monoisotopic (exact) mass is 299 g/mol. The average molecular weight is 299 g/mol. The first-order chi connectivity index (χ1) is 9.69. The molecule has 0 aromatic heterocycles. The van der Waals surface area contributed by atoms with Gasteiger partial charge in [0.05, 0.1) is 13.7 Å². The Hall–Kier alpha value is -1.37. The summed E-state index contributed by atoms with van der Waals surface area (Å²) in [5.74, 6) is 1.25. The van der Waals surface area contributed by atoms with Gasteiger partial charge in [0, 0.05) is 25.9 Å². The molecular formula is C14H21NO4S. The maximum absolute atomic E-state index is 5.60. The van der Waals surface area contributed by atoms with Crippen molar-refractivity contribution in [3.05, 3.63) is 23.8 Å². The summed E-state index contributed by atoms with van der Waals surface area (Å²) in [5, 5.41) is 0. The molecular weight excluding hydrogens is 278 g/mol. The molecule has 1 rings (SSSR count). The van der Waals surface area contributed by atoms with Gasteiger partial charge in [-0.1, -0.05) is 12.2 Å². The Morgan fingerprint density at radius 3 is 2.55 bits per heavy atom. The van der Waals surface area contributed by atoms with E-state index in [1.54, 1.807) is 32.4 Å². The van der Waals surface area contributed by atoms with E-state index >= 15 is 0 Å². The average Bonchev–Trinajstić information content (AvgIpc) is 2.46. The molecule has 0 saturated heterocycles. The molecule has 0 atom stereocenters. The maximum atomic E-state index is 5.60. The lowest BCUT2D eigenvalue weighted by Crippen LogP contribution is -2.11. The largest absolute Gasteiger partial charge is 0.493 e. The van der Waals surface area contributed by atoms with Crippen LogP contribution < -0.4 is 15.2 Å². The fourth-order valence-corrected chi connectivity index (χ4v) is 1.69. The highest BCUT2D eigenvalue weighted by Crippen LogP contribution is 2.27. The zero-order valence-corrected chi connectivity index (χ0v) is 12.7. The van der Waals surface area contributed by atoms with Crippen molar-refractivity contribution in [3.63, 3.8) is 0 Å². The van der Waals surface area contributed by atoms with Gasteiger partial charge in [-0.2, -0.15) is 0 Å². The van der Waals surface area contributed by atoms with Crippen molar-refractivity contribution in [2.24, 2.45) is 5.73 Å². The van der Waals surface area contributed by atoms with Gasteiger partial charge in [-0.3, -0.25) is 0 Å². The van der Waals surface area contributed by atoms with E-state index in [1.165, 1.54) is 0 Å². The second-order valence-corrected chi connectivity index (χ2v) is 4.48. The molecule has 0 saturated carbocycles. The summed E-state index contributed by atoms with van der Waals surface area (Å²) in [5.41, 5.74) is 6.32. The fourth-order valence-electron chi connectivity index (χ4n) is 1.56. The summed E-state index contributed by atoms with van der Waals surface area (Å²) < 4.78 is 21.2. The van der Waals surface area contributed by atoms with Gasteiger partial charge in [0.25, 0.3) is 0 Å². The Kier molecular flexibility index (Phi) is 7.94. The van der Waals surface area contributed by atoms with E-state index in [4.69, 9.17) is 36.9 Å². The first-order valence-corrected chi connectivity index (χ1v) is 6.77. The van der Waals surface area contributed by atoms with Gasteiger partial charge in [-0.15, -0.1) is 0 Å². The quantitative estimate of drug-likeness (QED) is 0.525. The van der Waals surface area contributed by atoms with E-state index < -0.39 is 0 Å². The number of benzene rings is 1. The molecule has 0 fully saturated rings. The molecule has 0 spiro atoms. The Labute approximate surface area is 125 Å². The van der Waals surface area contributed by atoms with Gasteiger partial charge in [0.1, 0.15) is 11.6 Å². The third-order valence-corrected chi connectivity index (χ3v) is 2.81. The molecule has 0 bridgehead atoms. The number of ether oxygens (including phenoxy) is 4. The second-order valence-electron chi connectivity index (χ2n) is 4.04. The molecule has 0 aliphatic heterocycles. The Morgan fingerprint density at radius 1 is 1.10 bits per heavy atom. The highest BCUT2D eigenvalue weighted by molar-refractivity contribution is 7.80. The highest BCUT2D eigenvalue weighted by atomic mass is 32.1. The molecule has 2 N–H and O–H groups in total. The van der Waals surface area contributed by atoms with Gasteiger partial charge in [-0.05, 0) is 24.6 Å². The zero-order valence-electron chi connectivity index (χ0n) is 11.9. The lowest BCUT2D eigenvalue weighted by atomic mass is 10.2. The summed E-state index contributed by atoms with van der Waals surface area (Å²) in [6.45, 7) is 2.34. The summed E-state index contributed by atoms with van der Waals surface area (Å²) in [7, 11) is 3.25. The summed E-state index contributed by atoms with van der Waals surface area (Å²) in [6, 6.07) is 5.36. The van der Waals surface area contributed by atoms with Gasteiger partial charge >= 0.3 is 0 Å². The van der Waals surface area contributed by atoms with E-state index in [0.717, 1.165) is 12.0 Å². The Balaban J connectivity index is 2.38. The highest BCUT2D eigenvalue weighted by Gasteiger charge is 2.07. The van der Waals surface area contributed by atoms with Crippen molar-refractivity contribution in [2.75, 3.05) is 40.6 Å². The smallest absolute Gasteiger partial charge is 0.161 e. The molecule has 112 valence electrons. The first kappa shape index (κ1) is 16.7. The van der Waals surface area contributed by atoms with E-state index in [2.05, 4.69) is 0 Å². The maximum Gasteiger partial charge on any atom is 0.161 e. The third kappa shape index (κ3) is 5.73. The molecule has 0 aliphatic rings. The summed E-state index contributed by atoms with van der Waals surface area (Å²) in [6.07, 6.45) is 0.877. The predicted molar refractivity (Wildman–Crippen MR) is 81.7 cm³/mol. The molecule has 1 aromatic carbocycles. The van der Waals surface area contributed by atoms with Crippen LogP contribution in [0.2, 0.25) is 0 Å². The SMILES string of the molecule is COCCCOCCOc1ccc(C(N)=S)cc1OC. The van der Waals surface area contributed by atoms with Gasteiger partial charge in [0.15, 0.2) is 11.5 Å². The number of hydrogen-bond donors (Lipinski definition) is 1. The number of methoxy groups -OCH3 is 2. The van der Waals surface area contributed by atoms with Crippen LogP contribution in [0.3, 0.4) is 0 Å². The van der Waals surface area contributed by atoms with Crippen LogP contribution in [-0.2, 0) is 9.47 Å². The molecule has 0 unspecified atom stereocenters. The van der Waals surface area contributed by atoms with E-state index in [0.29, 0.717) is 42.9 Å². The molecule has 0 radical (unpaired) electrons. The van der Waals surface area contributed by atoms with Crippen LogP contribution >= 0.6 is 12.2 Å². The molecule has 0 amide bonds. The van der Waals surface area contributed by atoms with Crippen molar-refractivity contribution in [1.82, 2.24) is 0 Å². The fraction of sp³-hybridized carbons (Fsp3) is 0.500. The number of rotatable bonds is 10. The molecule has 20 heavy (non-hydrogen) atoms. The Bertz CT molecular complexity index is 426. The lowest BCUT2D eigenvalue weighted by molar-refractivity contribution is 0.0799. The second kappa shape index (κ2) is 9.52. The molecule has 1 aromatic rings. The number of nitrogens with two attached hydrogens (primary N) is 1. The minimum Gasteiger partial charge on any atom is -0.493 e. The van der Waals surface area contributed by atoms with Crippen LogP contribution in [0.4, 0.5) is 0 Å². The third-order valence-electron chi connectivity index (χ3n) is 2.57. The molecule has 0 heterocycles. The van der Waals surface area contributed by atoms with Crippen LogP contribution in [0, 0.1) is 0 Å². The van der Waals surface area contributed by atoms with Crippen molar-refractivity contribution in [2.45, 2.75) is 6.42 Å². The minimum atomic E-state index is 0.330. The van der Waals surface area contributed by atoms with Gasteiger partial charge in [0.2, 0.25) is 0 Å². The summed E-state index contributed by atoms with van der Waals surface area (Å²) >= 11 is 4.92. The first-order valence-electron chi connectivity index (χ1n) is 6.36. The summed E-state index contributed by atoms with van der Waals surface area (Å²) in [4.78, 5) is 0.330. The Morgan fingerprint density at radius 2 is 1.90 bits per heavy atom. The van der Waals surface area contributed by atoms with Crippen LogP contribution in [0.15, 0.2) is 18.2 Å². The number of thiocarbonyl (C=S) groups is 1. The predicted octanol–water partition coefficient (Wildman–Crippen LogP) is 1.76. The topological polar surface area (TPSA) is 62.9 Å². The standard InChI is InChI=1S/C14H21NO4S/c1-16-6-3-7-18-8-9-19-12-5-4-11(14(15)20)10-13(12)17-2/h4-5,10H,3,6-9H2,1-2H3,(H2,15,20). The van der Waals surface area contributed by atoms with Gasteiger partial charge < -0.3 is 24.7 Å². The minimum absolute atomic E-state index is 0.330. The molecule has 0 aliphatic carbocycles.